The summed E-state index contributed by atoms with van der Waals surface area (Å²) < 4.78 is 0. The molecular formula is C9H18. The van der Waals surface area contributed by atoms with Crippen LogP contribution in [0.5, 0.6) is 0 Å². The van der Waals surface area contributed by atoms with Crippen LogP contribution in [0.2, 0.25) is 0 Å². The van der Waals surface area contributed by atoms with Gasteiger partial charge in [0.15, 0.2) is 0 Å². The first-order valence-electron chi connectivity index (χ1n) is 3.50. The van der Waals surface area contributed by atoms with Crippen LogP contribution in [0.1, 0.15) is 41.0 Å². The standard InChI is InChI=1S/C9H18/c1-8(2,3)7-9(4,5)6/h1H,7H2,2-6H3. The monoisotopic (exact) mass is 126 g/mol. The Morgan fingerprint density at radius 1 is 1.00 bits per heavy atom. The lowest BCUT2D eigenvalue weighted by Crippen LogP contribution is -2.17. The summed E-state index contributed by atoms with van der Waals surface area (Å²) in [5, 5.41) is 0. The average molecular weight is 126 g/mol. The van der Waals surface area contributed by atoms with Gasteiger partial charge in [0.05, 0.1) is 0 Å². The molecule has 0 aromatic heterocycles. The normalized spacial score (nSPS) is 14.0. The van der Waals surface area contributed by atoms with Gasteiger partial charge in [-0.05, 0) is 24.2 Å². The van der Waals surface area contributed by atoms with Gasteiger partial charge in [0.25, 0.3) is 0 Å². The van der Waals surface area contributed by atoms with E-state index in [1.807, 2.05) is 0 Å². The molecule has 0 amide bonds. The number of hydrogen-bond acceptors (Lipinski definition) is 0. The second-order valence-corrected chi connectivity index (χ2v) is 4.73. The van der Waals surface area contributed by atoms with Crippen molar-refractivity contribution in [3.63, 3.8) is 0 Å². The summed E-state index contributed by atoms with van der Waals surface area (Å²) in [6.07, 6.45) is 1.07. The minimum absolute atomic E-state index is 0.0156. The fourth-order valence-electron chi connectivity index (χ4n) is 1.37. The molecule has 0 nitrogen and oxygen atoms in total. The topological polar surface area (TPSA) is 0 Å². The van der Waals surface area contributed by atoms with Crippen molar-refractivity contribution in [1.82, 2.24) is 0 Å². The molecule has 0 rings (SSSR count). The van der Waals surface area contributed by atoms with E-state index in [1.54, 1.807) is 0 Å². The zero-order valence-electron chi connectivity index (χ0n) is 7.28. The molecule has 0 unspecified atom stereocenters. The predicted molar refractivity (Wildman–Crippen MR) is 42.2 cm³/mol. The van der Waals surface area contributed by atoms with Crippen molar-refractivity contribution in [1.29, 1.82) is 0 Å². The Morgan fingerprint density at radius 3 is 1.33 bits per heavy atom. The van der Waals surface area contributed by atoms with Crippen molar-refractivity contribution in [2.75, 3.05) is 0 Å². The third-order valence-electron chi connectivity index (χ3n) is 0.986. The summed E-state index contributed by atoms with van der Waals surface area (Å²) in [5.41, 5.74) is 0.344. The summed E-state index contributed by atoms with van der Waals surface area (Å²) in [6, 6.07) is 0. The summed E-state index contributed by atoms with van der Waals surface area (Å²) in [4.78, 5) is 0. The van der Waals surface area contributed by atoms with Gasteiger partial charge in [-0.2, -0.15) is 0 Å². The summed E-state index contributed by atoms with van der Waals surface area (Å²) in [6.45, 7) is 16.6. The molecule has 0 saturated carbocycles. The molecule has 0 saturated heterocycles. The van der Waals surface area contributed by atoms with Gasteiger partial charge >= 0.3 is 0 Å². The van der Waals surface area contributed by atoms with Gasteiger partial charge in [0, 0.05) is 0 Å². The second kappa shape index (κ2) is 2.32. The molecule has 0 aliphatic carbocycles. The lowest BCUT2D eigenvalue weighted by atomic mass is 9.78. The molecule has 54 valence electrons. The fourth-order valence-corrected chi connectivity index (χ4v) is 1.37. The molecule has 0 aromatic carbocycles. The molecule has 0 atom stereocenters. The molecule has 0 heteroatoms. The van der Waals surface area contributed by atoms with Crippen LogP contribution < -0.4 is 0 Å². The Balaban J connectivity index is 3.75. The Bertz CT molecular complexity index is 65.2. The quantitative estimate of drug-likeness (QED) is 0.506. The molecular weight excluding hydrogens is 108 g/mol. The van der Waals surface area contributed by atoms with Crippen LogP contribution in [-0.4, -0.2) is 0 Å². The zero-order valence-corrected chi connectivity index (χ0v) is 7.28. The smallest absolute Gasteiger partial charge is 0.0290 e. The fraction of sp³-hybridized carbons (Fsp3) is 0.889. The van der Waals surface area contributed by atoms with Gasteiger partial charge in [0.2, 0.25) is 0 Å². The van der Waals surface area contributed by atoms with Gasteiger partial charge in [-0.25, -0.2) is 0 Å². The van der Waals surface area contributed by atoms with Gasteiger partial charge < -0.3 is 0 Å². The third-order valence-corrected chi connectivity index (χ3v) is 0.986. The molecule has 0 aromatic rings. The average Bonchev–Trinajstić information content (AvgIpc) is 1.14. The highest BCUT2D eigenvalue weighted by molar-refractivity contribution is 4.77. The maximum absolute atomic E-state index is 5.82. The first kappa shape index (κ1) is 9.00. The first-order chi connectivity index (χ1) is 3.71. The van der Waals surface area contributed by atoms with Crippen LogP contribution in [0.4, 0.5) is 0 Å². The minimum Gasteiger partial charge on any atom is -0.0602 e. The highest BCUT2D eigenvalue weighted by Gasteiger charge is 2.20. The van der Waals surface area contributed by atoms with E-state index in [0.29, 0.717) is 5.41 Å². The predicted octanol–water partition coefficient (Wildman–Crippen LogP) is 3.16. The van der Waals surface area contributed by atoms with Crippen molar-refractivity contribution in [3.05, 3.63) is 6.92 Å². The highest BCUT2D eigenvalue weighted by Crippen LogP contribution is 2.31. The Kier molecular flexibility index (Phi) is 2.32. The van der Waals surface area contributed by atoms with Gasteiger partial charge in [-0.3, -0.25) is 0 Å². The van der Waals surface area contributed by atoms with E-state index in [2.05, 4.69) is 34.6 Å². The van der Waals surface area contributed by atoms with Crippen LogP contribution in [0.15, 0.2) is 0 Å². The SMILES string of the molecule is [CH]C(C)(C)CC(C)(C)C. The third kappa shape index (κ3) is 8.00. The molecule has 9 heavy (non-hydrogen) atoms. The molecule has 0 spiro atoms. The first-order valence-corrected chi connectivity index (χ1v) is 3.50. The Labute approximate surface area is 59.7 Å². The van der Waals surface area contributed by atoms with Crippen molar-refractivity contribution in [2.45, 2.75) is 41.0 Å². The molecule has 0 N–H and O–H groups in total. The van der Waals surface area contributed by atoms with Gasteiger partial charge in [-0.15, -0.1) is 0 Å². The molecule has 0 heterocycles. The Morgan fingerprint density at radius 2 is 1.33 bits per heavy atom. The van der Waals surface area contributed by atoms with Crippen molar-refractivity contribution in [3.8, 4) is 0 Å². The maximum Gasteiger partial charge on any atom is -0.0290 e. The van der Waals surface area contributed by atoms with E-state index in [4.69, 9.17) is 6.92 Å². The summed E-state index contributed by atoms with van der Waals surface area (Å²) in [5.74, 6) is 0. The molecule has 2 radical (unpaired) electrons. The van der Waals surface area contributed by atoms with E-state index in [9.17, 15) is 0 Å². The maximum atomic E-state index is 5.82. The minimum atomic E-state index is -0.0156. The van der Waals surface area contributed by atoms with Crippen LogP contribution in [0.25, 0.3) is 0 Å². The molecule has 0 fully saturated rings. The van der Waals surface area contributed by atoms with E-state index in [-0.39, 0.29) is 5.41 Å². The zero-order chi connectivity index (χ0) is 7.71. The van der Waals surface area contributed by atoms with Crippen LogP contribution >= 0.6 is 0 Å². The summed E-state index contributed by atoms with van der Waals surface area (Å²) in [7, 11) is 0. The molecule has 0 aliphatic rings. The van der Waals surface area contributed by atoms with E-state index in [1.165, 1.54) is 0 Å². The number of rotatable bonds is 1. The van der Waals surface area contributed by atoms with Gasteiger partial charge in [0.1, 0.15) is 0 Å². The van der Waals surface area contributed by atoms with Crippen molar-refractivity contribution < 1.29 is 0 Å². The number of hydrogen-bond donors (Lipinski definition) is 0. The van der Waals surface area contributed by atoms with Gasteiger partial charge in [-0.1, -0.05) is 34.6 Å². The van der Waals surface area contributed by atoms with Crippen molar-refractivity contribution in [2.24, 2.45) is 10.8 Å². The van der Waals surface area contributed by atoms with Crippen LogP contribution in [0.3, 0.4) is 0 Å². The summed E-state index contributed by atoms with van der Waals surface area (Å²) >= 11 is 0. The van der Waals surface area contributed by atoms with Crippen molar-refractivity contribution >= 4 is 0 Å². The Hall–Kier alpha value is 0. The molecule has 0 aliphatic heterocycles. The van der Waals surface area contributed by atoms with Crippen LogP contribution in [0, 0.1) is 17.8 Å². The second-order valence-electron chi connectivity index (χ2n) is 4.73. The lowest BCUT2D eigenvalue weighted by molar-refractivity contribution is 0.260. The largest absolute Gasteiger partial charge is 0.0602 e. The van der Waals surface area contributed by atoms with E-state index < -0.39 is 0 Å². The van der Waals surface area contributed by atoms with Crippen LogP contribution in [-0.2, 0) is 0 Å². The highest BCUT2D eigenvalue weighted by atomic mass is 14.3. The molecule has 0 bridgehead atoms. The van der Waals surface area contributed by atoms with E-state index >= 15 is 0 Å². The lowest BCUT2D eigenvalue weighted by Gasteiger charge is -2.28. The van der Waals surface area contributed by atoms with E-state index in [0.717, 1.165) is 6.42 Å².